The average Bonchev–Trinajstić information content (AvgIpc) is 3.48. The summed E-state index contributed by atoms with van der Waals surface area (Å²) in [5, 5.41) is 6.75. The van der Waals surface area contributed by atoms with Gasteiger partial charge in [0.1, 0.15) is 6.04 Å². The lowest BCUT2D eigenvalue weighted by molar-refractivity contribution is 0.549. The predicted molar refractivity (Wildman–Crippen MR) is 147 cm³/mol. The van der Waals surface area contributed by atoms with E-state index < -0.39 is 0 Å². The third-order valence-electron chi connectivity index (χ3n) is 6.68. The summed E-state index contributed by atoms with van der Waals surface area (Å²) in [4.78, 5) is 6.96. The molecule has 0 saturated carbocycles. The molecule has 5 aromatic rings. The van der Waals surface area contributed by atoms with Gasteiger partial charge in [0.15, 0.2) is 5.11 Å². The molecule has 4 nitrogen and oxygen atoms in total. The SMILES string of the molecule is Cc1cc(C)cc(N2C(=S)N[C@@H](c3ccccn3)[C@H]2c2cccn2-c2ccc3ccccc3c2)c1. The van der Waals surface area contributed by atoms with Gasteiger partial charge in [-0.1, -0.05) is 42.5 Å². The number of nitrogens with zero attached hydrogens (tertiary/aromatic N) is 3. The molecule has 0 spiro atoms. The van der Waals surface area contributed by atoms with E-state index in [2.05, 4.69) is 114 Å². The molecule has 5 heteroatoms. The summed E-state index contributed by atoms with van der Waals surface area (Å²) in [6.07, 6.45) is 3.98. The summed E-state index contributed by atoms with van der Waals surface area (Å²) in [7, 11) is 0. The molecule has 2 aromatic heterocycles. The van der Waals surface area contributed by atoms with Crippen LogP contribution in [-0.2, 0) is 0 Å². The summed E-state index contributed by atoms with van der Waals surface area (Å²) in [5.41, 5.74) is 6.78. The molecule has 0 amide bonds. The molecule has 1 N–H and O–H groups in total. The van der Waals surface area contributed by atoms with Crippen LogP contribution >= 0.6 is 12.2 Å². The van der Waals surface area contributed by atoms with Crippen LogP contribution in [0.15, 0.2) is 103 Å². The normalized spacial score (nSPS) is 17.7. The van der Waals surface area contributed by atoms with Crippen molar-refractivity contribution in [1.82, 2.24) is 14.9 Å². The summed E-state index contributed by atoms with van der Waals surface area (Å²) in [6.45, 7) is 4.26. The predicted octanol–water partition coefficient (Wildman–Crippen LogP) is 6.82. The maximum Gasteiger partial charge on any atom is 0.174 e. The van der Waals surface area contributed by atoms with Gasteiger partial charge >= 0.3 is 0 Å². The lowest BCUT2D eigenvalue weighted by atomic mass is 10.00. The standard InChI is InChI=1S/C30H26N4S/c1-20-16-21(2)18-25(17-20)34-29(28(32-30(34)35)26-10-5-6-14-31-26)27-11-7-15-33(27)24-13-12-22-8-3-4-9-23(22)19-24/h3-19,28-29H,1-2H3,(H,32,35)/t28-,29+/m0/s1. The van der Waals surface area contributed by atoms with Crippen molar-refractivity contribution in [1.29, 1.82) is 0 Å². The molecule has 3 aromatic carbocycles. The van der Waals surface area contributed by atoms with Gasteiger partial charge in [0.05, 0.1) is 11.7 Å². The minimum Gasteiger partial charge on any atom is -0.351 e. The fourth-order valence-corrected chi connectivity index (χ4v) is 5.57. The fourth-order valence-electron chi connectivity index (χ4n) is 5.22. The topological polar surface area (TPSA) is 33.1 Å². The zero-order valence-corrected chi connectivity index (χ0v) is 20.5. The summed E-state index contributed by atoms with van der Waals surface area (Å²) >= 11 is 5.94. The van der Waals surface area contributed by atoms with Crippen molar-refractivity contribution in [3.63, 3.8) is 0 Å². The molecule has 1 fully saturated rings. The number of fused-ring (bicyclic) bond motifs is 1. The highest BCUT2D eigenvalue weighted by Gasteiger charge is 2.42. The van der Waals surface area contributed by atoms with E-state index in [4.69, 9.17) is 17.2 Å². The monoisotopic (exact) mass is 474 g/mol. The van der Waals surface area contributed by atoms with Crippen molar-refractivity contribution < 1.29 is 0 Å². The summed E-state index contributed by atoms with van der Waals surface area (Å²) < 4.78 is 2.28. The van der Waals surface area contributed by atoms with Crippen LogP contribution in [0, 0.1) is 13.8 Å². The van der Waals surface area contributed by atoms with Crippen molar-refractivity contribution in [2.24, 2.45) is 0 Å². The second kappa shape index (κ2) is 8.67. The highest BCUT2D eigenvalue weighted by Crippen LogP contribution is 2.42. The number of anilines is 1. The maximum absolute atomic E-state index is 5.94. The summed E-state index contributed by atoms with van der Waals surface area (Å²) in [5.74, 6) is 0. The molecular weight excluding hydrogens is 448 g/mol. The summed E-state index contributed by atoms with van der Waals surface area (Å²) in [6, 6.07) is 31.9. The van der Waals surface area contributed by atoms with Crippen LogP contribution in [0.3, 0.4) is 0 Å². The Morgan fingerprint density at radius 3 is 2.31 bits per heavy atom. The first kappa shape index (κ1) is 21.6. The molecule has 172 valence electrons. The van der Waals surface area contributed by atoms with Crippen LogP contribution in [0.5, 0.6) is 0 Å². The Balaban J connectivity index is 1.53. The van der Waals surface area contributed by atoms with Crippen LogP contribution < -0.4 is 10.2 Å². The molecule has 1 saturated heterocycles. The van der Waals surface area contributed by atoms with E-state index in [9.17, 15) is 0 Å². The van der Waals surface area contributed by atoms with Crippen molar-refractivity contribution in [2.75, 3.05) is 4.90 Å². The first-order chi connectivity index (χ1) is 17.1. The van der Waals surface area contributed by atoms with E-state index in [0.717, 1.165) is 22.8 Å². The van der Waals surface area contributed by atoms with Gasteiger partial charge < -0.3 is 14.8 Å². The molecular formula is C30H26N4S. The van der Waals surface area contributed by atoms with Crippen LogP contribution in [0.2, 0.25) is 0 Å². The number of hydrogen-bond donors (Lipinski definition) is 1. The third kappa shape index (κ3) is 3.88. The molecule has 2 atom stereocenters. The van der Waals surface area contributed by atoms with Crippen LogP contribution in [-0.4, -0.2) is 14.7 Å². The van der Waals surface area contributed by atoms with Gasteiger partial charge in [-0.25, -0.2) is 0 Å². The number of thiocarbonyl (C=S) groups is 1. The Kier molecular flexibility index (Phi) is 5.34. The molecule has 0 aliphatic carbocycles. The van der Waals surface area contributed by atoms with E-state index in [1.54, 1.807) is 0 Å². The Bertz CT molecular complexity index is 1520. The first-order valence-electron chi connectivity index (χ1n) is 11.8. The lowest BCUT2D eigenvalue weighted by Crippen LogP contribution is -2.30. The second-order valence-electron chi connectivity index (χ2n) is 9.18. The van der Waals surface area contributed by atoms with Crippen molar-refractivity contribution in [2.45, 2.75) is 25.9 Å². The van der Waals surface area contributed by atoms with Crippen LogP contribution in [0.1, 0.15) is 34.6 Å². The molecule has 1 aliphatic rings. The second-order valence-corrected chi connectivity index (χ2v) is 9.56. The number of nitrogens with one attached hydrogen (secondary N) is 1. The molecule has 1 aliphatic heterocycles. The minimum atomic E-state index is -0.0846. The first-order valence-corrected chi connectivity index (χ1v) is 12.2. The van der Waals surface area contributed by atoms with Crippen LogP contribution in [0.4, 0.5) is 5.69 Å². The molecule has 0 radical (unpaired) electrons. The molecule has 0 bridgehead atoms. The maximum atomic E-state index is 5.94. The van der Waals surface area contributed by atoms with Crippen LogP contribution in [0.25, 0.3) is 16.5 Å². The third-order valence-corrected chi connectivity index (χ3v) is 6.99. The van der Waals surface area contributed by atoms with E-state index >= 15 is 0 Å². The Hall–Kier alpha value is -3.96. The molecule has 6 rings (SSSR count). The van der Waals surface area contributed by atoms with Gasteiger partial charge in [-0.3, -0.25) is 4.98 Å². The zero-order valence-electron chi connectivity index (χ0n) is 19.7. The van der Waals surface area contributed by atoms with E-state index in [1.807, 2.05) is 18.3 Å². The fraction of sp³-hybridized carbons (Fsp3) is 0.133. The average molecular weight is 475 g/mol. The number of aryl methyl sites for hydroxylation is 2. The van der Waals surface area contributed by atoms with Gasteiger partial charge in [-0.15, -0.1) is 0 Å². The molecule has 0 unspecified atom stereocenters. The van der Waals surface area contributed by atoms with Gasteiger partial charge in [-0.05, 0) is 96.5 Å². The molecule has 3 heterocycles. The largest absolute Gasteiger partial charge is 0.351 e. The van der Waals surface area contributed by atoms with Crippen molar-refractivity contribution >= 4 is 33.8 Å². The van der Waals surface area contributed by atoms with Gasteiger partial charge in [-0.2, -0.15) is 0 Å². The Morgan fingerprint density at radius 2 is 1.54 bits per heavy atom. The van der Waals surface area contributed by atoms with Gasteiger partial charge in [0.25, 0.3) is 0 Å². The van der Waals surface area contributed by atoms with E-state index in [-0.39, 0.29) is 12.1 Å². The molecule has 35 heavy (non-hydrogen) atoms. The number of benzene rings is 3. The number of pyridine rings is 1. The van der Waals surface area contributed by atoms with E-state index in [1.165, 1.54) is 21.9 Å². The van der Waals surface area contributed by atoms with Gasteiger partial charge in [0.2, 0.25) is 0 Å². The number of aromatic nitrogens is 2. The zero-order chi connectivity index (χ0) is 23.9. The Labute approximate surface area is 210 Å². The number of rotatable bonds is 4. The number of hydrogen-bond acceptors (Lipinski definition) is 2. The van der Waals surface area contributed by atoms with Crippen molar-refractivity contribution in [3.05, 3.63) is 126 Å². The van der Waals surface area contributed by atoms with Crippen molar-refractivity contribution in [3.8, 4) is 5.69 Å². The smallest absolute Gasteiger partial charge is 0.174 e. The van der Waals surface area contributed by atoms with Gasteiger partial charge in [0, 0.05) is 29.5 Å². The Morgan fingerprint density at radius 1 is 0.771 bits per heavy atom. The lowest BCUT2D eigenvalue weighted by Gasteiger charge is -2.29. The quantitative estimate of drug-likeness (QED) is 0.290. The highest BCUT2D eigenvalue weighted by molar-refractivity contribution is 7.80. The van der Waals surface area contributed by atoms with E-state index in [0.29, 0.717) is 5.11 Å². The highest BCUT2D eigenvalue weighted by atomic mass is 32.1. The minimum absolute atomic E-state index is 0.0694.